The standard InChI is InChI=1S/C14H14ClFN2S/c15-9-4-5-10(11(16)6-9)14-18-13-8(7-17)2-1-3-12(13)19-14/h4-6,8H,1-3,7,17H2. The van der Waals surface area contributed by atoms with Gasteiger partial charge in [0.15, 0.2) is 0 Å². The van der Waals surface area contributed by atoms with Gasteiger partial charge < -0.3 is 5.73 Å². The van der Waals surface area contributed by atoms with Gasteiger partial charge in [-0.1, -0.05) is 11.6 Å². The van der Waals surface area contributed by atoms with Crippen molar-refractivity contribution >= 4 is 22.9 Å². The second kappa shape index (κ2) is 5.19. The van der Waals surface area contributed by atoms with Gasteiger partial charge >= 0.3 is 0 Å². The van der Waals surface area contributed by atoms with Gasteiger partial charge in [-0.25, -0.2) is 9.37 Å². The summed E-state index contributed by atoms with van der Waals surface area (Å²) in [7, 11) is 0. The smallest absolute Gasteiger partial charge is 0.134 e. The Morgan fingerprint density at radius 3 is 3.05 bits per heavy atom. The summed E-state index contributed by atoms with van der Waals surface area (Å²) in [6, 6.07) is 4.72. The average Bonchev–Trinajstić information content (AvgIpc) is 2.81. The first-order valence-corrected chi connectivity index (χ1v) is 7.53. The van der Waals surface area contributed by atoms with Crippen molar-refractivity contribution in [2.75, 3.05) is 6.54 Å². The van der Waals surface area contributed by atoms with E-state index >= 15 is 0 Å². The maximum Gasteiger partial charge on any atom is 0.134 e. The minimum absolute atomic E-state index is 0.317. The predicted molar refractivity (Wildman–Crippen MR) is 77.3 cm³/mol. The minimum Gasteiger partial charge on any atom is -0.330 e. The Kier molecular flexibility index (Phi) is 3.56. The molecule has 5 heteroatoms. The summed E-state index contributed by atoms with van der Waals surface area (Å²) in [4.78, 5) is 5.87. The number of aryl methyl sites for hydroxylation is 1. The van der Waals surface area contributed by atoms with E-state index in [4.69, 9.17) is 17.3 Å². The van der Waals surface area contributed by atoms with Gasteiger partial charge in [0.25, 0.3) is 0 Å². The maximum absolute atomic E-state index is 13.9. The van der Waals surface area contributed by atoms with E-state index in [0.717, 1.165) is 30.0 Å². The van der Waals surface area contributed by atoms with E-state index in [2.05, 4.69) is 4.98 Å². The van der Waals surface area contributed by atoms with Gasteiger partial charge in [0.1, 0.15) is 10.8 Å². The second-order valence-electron chi connectivity index (χ2n) is 4.78. The Balaban J connectivity index is 2.05. The van der Waals surface area contributed by atoms with Crippen LogP contribution < -0.4 is 5.73 Å². The van der Waals surface area contributed by atoms with Crippen LogP contribution in [0.2, 0.25) is 5.02 Å². The van der Waals surface area contributed by atoms with Crippen LogP contribution in [0.4, 0.5) is 4.39 Å². The molecule has 0 fully saturated rings. The van der Waals surface area contributed by atoms with Crippen molar-refractivity contribution in [3.63, 3.8) is 0 Å². The van der Waals surface area contributed by atoms with Gasteiger partial charge in [-0.2, -0.15) is 0 Å². The molecule has 0 bridgehead atoms. The van der Waals surface area contributed by atoms with E-state index < -0.39 is 0 Å². The highest BCUT2D eigenvalue weighted by molar-refractivity contribution is 7.15. The lowest BCUT2D eigenvalue weighted by molar-refractivity contribution is 0.554. The Morgan fingerprint density at radius 1 is 1.47 bits per heavy atom. The molecule has 2 aromatic rings. The monoisotopic (exact) mass is 296 g/mol. The van der Waals surface area contributed by atoms with Crippen LogP contribution in [-0.2, 0) is 6.42 Å². The summed E-state index contributed by atoms with van der Waals surface area (Å²) < 4.78 is 13.9. The van der Waals surface area contributed by atoms with Gasteiger partial charge in [0.2, 0.25) is 0 Å². The van der Waals surface area contributed by atoms with E-state index in [1.165, 1.54) is 10.9 Å². The van der Waals surface area contributed by atoms with Crippen molar-refractivity contribution in [1.82, 2.24) is 4.98 Å². The molecule has 19 heavy (non-hydrogen) atoms. The summed E-state index contributed by atoms with van der Waals surface area (Å²) >= 11 is 7.36. The van der Waals surface area contributed by atoms with Crippen molar-refractivity contribution in [2.45, 2.75) is 25.2 Å². The number of thiazole rings is 1. The molecule has 100 valence electrons. The molecule has 0 saturated heterocycles. The zero-order valence-corrected chi connectivity index (χ0v) is 11.9. The van der Waals surface area contributed by atoms with Crippen LogP contribution in [0.25, 0.3) is 10.6 Å². The van der Waals surface area contributed by atoms with Crippen LogP contribution in [0.3, 0.4) is 0 Å². The molecule has 0 aliphatic heterocycles. The number of aromatic nitrogens is 1. The molecule has 0 saturated carbocycles. The lowest BCUT2D eigenvalue weighted by Gasteiger charge is -2.18. The van der Waals surface area contributed by atoms with Gasteiger partial charge in [-0.3, -0.25) is 0 Å². The molecule has 1 unspecified atom stereocenters. The number of rotatable bonds is 2. The average molecular weight is 297 g/mol. The molecule has 1 atom stereocenters. The van der Waals surface area contributed by atoms with Crippen LogP contribution in [0.15, 0.2) is 18.2 Å². The van der Waals surface area contributed by atoms with E-state index in [0.29, 0.717) is 23.0 Å². The molecular formula is C14H14ClFN2S. The van der Waals surface area contributed by atoms with Crippen molar-refractivity contribution in [3.8, 4) is 10.6 Å². The lowest BCUT2D eigenvalue weighted by Crippen LogP contribution is -2.17. The van der Waals surface area contributed by atoms with Crippen LogP contribution >= 0.6 is 22.9 Å². The summed E-state index contributed by atoms with van der Waals surface area (Å²) in [6.07, 6.45) is 3.24. The SMILES string of the molecule is NCC1CCCc2sc(-c3ccc(Cl)cc3F)nc21. The highest BCUT2D eigenvalue weighted by Gasteiger charge is 2.24. The Morgan fingerprint density at radius 2 is 2.32 bits per heavy atom. The Labute approximate surface area is 120 Å². The van der Waals surface area contributed by atoms with Crippen molar-refractivity contribution < 1.29 is 4.39 Å². The zero-order chi connectivity index (χ0) is 13.4. The molecule has 1 aliphatic rings. The molecule has 0 radical (unpaired) electrons. The third kappa shape index (κ3) is 2.40. The van der Waals surface area contributed by atoms with Gasteiger partial charge in [0.05, 0.1) is 5.69 Å². The van der Waals surface area contributed by atoms with Crippen molar-refractivity contribution in [3.05, 3.63) is 39.6 Å². The van der Waals surface area contributed by atoms with Crippen molar-refractivity contribution in [2.24, 2.45) is 5.73 Å². The first-order chi connectivity index (χ1) is 9.19. The summed E-state index contributed by atoms with van der Waals surface area (Å²) in [6.45, 7) is 0.610. The number of nitrogens with two attached hydrogens (primary N) is 1. The fourth-order valence-corrected chi connectivity index (χ4v) is 3.89. The van der Waals surface area contributed by atoms with E-state index in [-0.39, 0.29) is 5.82 Å². The zero-order valence-electron chi connectivity index (χ0n) is 10.3. The highest BCUT2D eigenvalue weighted by Crippen LogP contribution is 2.38. The summed E-state index contributed by atoms with van der Waals surface area (Å²) in [5, 5.41) is 1.14. The second-order valence-corrected chi connectivity index (χ2v) is 6.30. The van der Waals surface area contributed by atoms with Crippen LogP contribution in [0.1, 0.15) is 29.3 Å². The van der Waals surface area contributed by atoms with E-state index in [1.807, 2.05) is 0 Å². The quantitative estimate of drug-likeness (QED) is 0.910. The van der Waals surface area contributed by atoms with E-state index in [1.54, 1.807) is 23.5 Å². The number of nitrogens with zero attached hydrogens (tertiary/aromatic N) is 1. The number of hydrogen-bond donors (Lipinski definition) is 1. The number of fused-ring (bicyclic) bond motifs is 1. The molecule has 1 aromatic heterocycles. The van der Waals surface area contributed by atoms with Crippen LogP contribution in [-0.4, -0.2) is 11.5 Å². The molecule has 1 aromatic carbocycles. The predicted octanol–water partition coefficient (Wildman–Crippen LogP) is 3.98. The molecule has 0 spiro atoms. The summed E-state index contributed by atoms with van der Waals surface area (Å²) in [5.74, 6) is 0.00649. The molecule has 2 N–H and O–H groups in total. The molecule has 3 rings (SSSR count). The Bertz CT molecular complexity index is 611. The fraction of sp³-hybridized carbons (Fsp3) is 0.357. The molecule has 1 heterocycles. The molecular weight excluding hydrogens is 283 g/mol. The lowest BCUT2D eigenvalue weighted by atomic mass is 9.91. The third-order valence-corrected chi connectivity index (χ3v) is 4.92. The molecule has 0 amide bonds. The highest BCUT2D eigenvalue weighted by atomic mass is 35.5. The number of hydrogen-bond acceptors (Lipinski definition) is 3. The van der Waals surface area contributed by atoms with Gasteiger partial charge in [-0.05, 0) is 37.5 Å². The first kappa shape index (κ1) is 13.0. The third-order valence-electron chi connectivity index (χ3n) is 3.52. The largest absolute Gasteiger partial charge is 0.330 e. The summed E-state index contributed by atoms with van der Waals surface area (Å²) in [5.41, 5.74) is 7.39. The molecule has 2 nitrogen and oxygen atoms in total. The Hall–Kier alpha value is -0.970. The van der Waals surface area contributed by atoms with E-state index in [9.17, 15) is 4.39 Å². The first-order valence-electron chi connectivity index (χ1n) is 6.34. The minimum atomic E-state index is -0.317. The van der Waals surface area contributed by atoms with Gasteiger partial charge in [-0.15, -0.1) is 11.3 Å². The number of halogens is 2. The topological polar surface area (TPSA) is 38.9 Å². The van der Waals surface area contributed by atoms with Crippen LogP contribution in [0.5, 0.6) is 0 Å². The van der Waals surface area contributed by atoms with Gasteiger partial charge in [0, 0.05) is 27.9 Å². The maximum atomic E-state index is 13.9. The normalized spacial score (nSPS) is 18.4. The number of benzene rings is 1. The van der Waals surface area contributed by atoms with Crippen molar-refractivity contribution in [1.29, 1.82) is 0 Å². The molecule has 1 aliphatic carbocycles. The fourth-order valence-electron chi connectivity index (χ4n) is 2.51. The van der Waals surface area contributed by atoms with Crippen LogP contribution in [0, 0.1) is 5.82 Å².